The molecule has 0 radical (unpaired) electrons. The van der Waals surface area contributed by atoms with Crippen LogP contribution < -0.4 is 5.73 Å². The Morgan fingerprint density at radius 3 is 2.84 bits per heavy atom. The van der Waals surface area contributed by atoms with Crippen molar-refractivity contribution in [3.8, 4) is 0 Å². The number of anilines is 1. The SMILES string of the molecule is Cc1ccnc(SCc2ccc([N+](=O)[O-])c(N)c2)n1. The molecule has 7 heteroatoms. The van der Waals surface area contributed by atoms with E-state index in [0.29, 0.717) is 10.9 Å². The molecule has 0 saturated heterocycles. The molecule has 0 aliphatic rings. The average Bonchev–Trinajstić information content (AvgIpc) is 2.36. The summed E-state index contributed by atoms with van der Waals surface area (Å²) < 4.78 is 0. The van der Waals surface area contributed by atoms with E-state index in [-0.39, 0.29) is 11.4 Å². The number of nitro groups is 1. The van der Waals surface area contributed by atoms with Gasteiger partial charge in [0.05, 0.1) is 4.92 Å². The first kappa shape index (κ1) is 13.3. The fraction of sp³-hybridized carbons (Fsp3) is 0.167. The van der Waals surface area contributed by atoms with Crippen LogP contribution in [0.5, 0.6) is 0 Å². The van der Waals surface area contributed by atoms with Gasteiger partial charge in [0.1, 0.15) is 5.69 Å². The first-order valence-electron chi connectivity index (χ1n) is 5.51. The predicted octanol–water partition coefficient (Wildman–Crippen LogP) is 2.57. The third-order valence-corrected chi connectivity index (χ3v) is 3.36. The summed E-state index contributed by atoms with van der Waals surface area (Å²) in [7, 11) is 0. The number of aryl methyl sites for hydroxylation is 1. The molecule has 0 fully saturated rings. The molecule has 0 saturated carbocycles. The molecule has 0 unspecified atom stereocenters. The van der Waals surface area contributed by atoms with Crippen LogP contribution in [0.2, 0.25) is 0 Å². The van der Waals surface area contributed by atoms with Crippen LogP contribution in [-0.4, -0.2) is 14.9 Å². The molecule has 0 aliphatic heterocycles. The summed E-state index contributed by atoms with van der Waals surface area (Å²) in [6, 6.07) is 6.55. The Labute approximate surface area is 114 Å². The second-order valence-electron chi connectivity index (χ2n) is 3.92. The van der Waals surface area contributed by atoms with Crippen molar-refractivity contribution in [2.24, 2.45) is 0 Å². The van der Waals surface area contributed by atoms with Crippen molar-refractivity contribution in [1.82, 2.24) is 9.97 Å². The van der Waals surface area contributed by atoms with Crippen LogP contribution in [0.4, 0.5) is 11.4 Å². The molecule has 0 aliphatic carbocycles. The van der Waals surface area contributed by atoms with E-state index in [1.807, 2.05) is 13.0 Å². The molecule has 19 heavy (non-hydrogen) atoms. The lowest BCUT2D eigenvalue weighted by Gasteiger charge is -2.03. The topological polar surface area (TPSA) is 94.9 Å². The van der Waals surface area contributed by atoms with Gasteiger partial charge in [-0.25, -0.2) is 9.97 Å². The number of rotatable bonds is 4. The van der Waals surface area contributed by atoms with Crippen molar-refractivity contribution >= 4 is 23.1 Å². The predicted molar refractivity (Wildman–Crippen MR) is 73.8 cm³/mol. The molecule has 0 atom stereocenters. The highest BCUT2D eigenvalue weighted by Crippen LogP contribution is 2.25. The summed E-state index contributed by atoms with van der Waals surface area (Å²) in [6.07, 6.45) is 1.70. The van der Waals surface area contributed by atoms with Gasteiger partial charge in [-0.2, -0.15) is 0 Å². The number of hydrogen-bond donors (Lipinski definition) is 1. The van der Waals surface area contributed by atoms with E-state index >= 15 is 0 Å². The zero-order valence-corrected chi connectivity index (χ0v) is 11.1. The van der Waals surface area contributed by atoms with Crippen molar-refractivity contribution in [2.75, 3.05) is 5.73 Å². The lowest BCUT2D eigenvalue weighted by molar-refractivity contribution is -0.383. The number of nitro benzene ring substituents is 1. The second-order valence-corrected chi connectivity index (χ2v) is 4.86. The normalized spacial score (nSPS) is 10.4. The Morgan fingerprint density at radius 2 is 2.21 bits per heavy atom. The fourth-order valence-corrected chi connectivity index (χ4v) is 2.32. The van der Waals surface area contributed by atoms with Gasteiger partial charge in [-0.15, -0.1) is 0 Å². The molecule has 2 aromatic rings. The molecule has 2 rings (SSSR count). The molecule has 98 valence electrons. The van der Waals surface area contributed by atoms with Crippen molar-refractivity contribution in [3.05, 3.63) is 51.8 Å². The van der Waals surface area contributed by atoms with Gasteiger partial charge in [-0.05, 0) is 24.6 Å². The quantitative estimate of drug-likeness (QED) is 0.303. The highest BCUT2D eigenvalue weighted by Gasteiger charge is 2.11. The smallest absolute Gasteiger partial charge is 0.292 e. The minimum atomic E-state index is -0.490. The van der Waals surface area contributed by atoms with Crippen LogP contribution in [0.15, 0.2) is 35.6 Å². The standard InChI is InChI=1S/C12H12N4O2S/c1-8-4-5-14-12(15-8)19-7-9-2-3-11(16(17)18)10(13)6-9/h2-6H,7,13H2,1H3. The lowest BCUT2D eigenvalue weighted by atomic mass is 10.2. The van der Waals surface area contributed by atoms with Gasteiger partial charge in [0, 0.05) is 23.7 Å². The number of aromatic nitrogens is 2. The van der Waals surface area contributed by atoms with Crippen molar-refractivity contribution < 1.29 is 4.92 Å². The van der Waals surface area contributed by atoms with E-state index in [4.69, 9.17) is 5.73 Å². The van der Waals surface area contributed by atoms with Gasteiger partial charge >= 0.3 is 0 Å². The summed E-state index contributed by atoms with van der Waals surface area (Å²) in [5, 5.41) is 11.3. The first-order valence-corrected chi connectivity index (χ1v) is 6.50. The maximum absolute atomic E-state index is 10.7. The number of benzene rings is 1. The Bertz CT molecular complexity index is 618. The van der Waals surface area contributed by atoms with E-state index in [2.05, 4.69) is 9.97 Å². The minimum absolute atomic E-state index is 0.0689. The highest BCUT2D eigenvalue weighted by molar-refractivity contribution is 7.98. The number of nitrogens with zero attached hydrogens (tertiary/aromatic N) is 3. The summed E-state index contributed by atoms with van der Waals surface area (Å²) in [6.45, 7) is 1.90. The average molecular weight is 276 g/mol. The number of thioether (sulfide) groups is 1. The molecule has 1 aromatic carbocycles. The summed E-state index contributed by atoms with van der Waals surface area (Å²) >= 11 is 1.46. The van der Waals surface area contributed by atoms with Crippen LogP contribution in [-0.2, 0) is 5.75 Å². The van der Waals surface area contributed by atoms with Gasteiger partial charge in [-0.1, -0.05) is 17.8 Å². The van der Waals surface area contributed by atoms with E-state index in [1.165, 1.54) is 17.8 Å². The Morgan fingerprint density at radius 1 is 1.42 bits per heavy atom. The van der Waals surface area contributed by atoms with Gasteiger partial charge in [0.25, 0.3) is 5.69 Å². The molecular formula is C12H12N4O2S. The van der Waals surface area contributed by atoms with Crippen molar-refractivity contribution in [2.45, 2.75) is 17.8 Å². The molecule has 0 amide bonds. The Hall–Kier alpha value is -2.15. The van der Waals surface area contributed by atoms with Crippen molar-refractivity contribution in [3.63, 3.8) is 0 Å². The van der Waals surface area contributed by atoms with Crippen LogP contribution in [0.3, 0.4) is 0 Å². The number of nitrogens with two attached hydrogens (primary N) is 1. The summed E-state index contributed by atoms with van der Waals surface area (Å²) in [5.41, 5.74) is 7.54. The van der Waals surface area contributed by atoms with Crippen LogP contribution in [0, 0.1) is 17.0 Å². The van der Waals surface area contributed by atoms with Gasteiger partial charge in [0.2, 0.25) is 0 Å². The number of hydrogen-bond acceptors (Lipinski definition) is 6. The molecule has 0 spiro atoms. The lowest BCUT2D eigenvalue weighted by Crippen LogP contribution is -1.96. The molecule has 6 nitrogen and oxygen atoms in total. The number of nitrogen functional groups attached to an aromatic ring is 1. The molecular weight excluding hydrogens is 264 g/mol. The molecule has 1 heterocycles. The monoisotopic (exact) mass is 276 g/mol. The van der Waals surface area contributed by atoms with Crippen molar-refractivity contribution in [1.29, 1.82) is 0 Å². The van der Waals surface area contributed by atoms with Crippen LogP contribution in [0.25, 0.3) is 0 Å². The van der Waals surface area contributed by atoms with E-state index in [9.17, 15) is 10.1 Å². The molecule has 2 N–H and O–H groups in total. The zero-order chi connectivity index (χ0) is 13.8. The molecule has 0 bridgehead atoms. The Balaban J connectivity index is 2.08. The maximum atomic E-state index is 10.7. The van der Waals surface area contributed by atoms with E-state index in [1.54, 1.807) is 18.3 Å². The summed E-state index contributed by atoms with van der Waals surface area (Å²) in [4.78, 5) is 18.6. The van der Waals surface area contributed by atoms with Crippen LogP contribution in [0.1, 0.15) is 11.3 Å². The third kappa shape index (κ3) is 3.41. The minimum Gasteiger partial charge on any atom is -0.393 e. The highest BCUT2D eigenvalue weighted by atomic mass is 32.2. The second kappa shape index (κ2) is 5.66. The van der Waals surface area contributed by atoms with Crippen LogP contribution >= 0.6 is 11.8 Å². The van der Waals surface area contributed by atoms with Gasteiger partial charge < -0.3 is 5.73 Å². The third-order valence-electron chi connectivity index (χ3n) is 2.43. The fourth-order valence-electron chi connectivity index (χ4n) is 1.50. The molecule has 1 aromatic heterocycles. The largest absolute Gasteiger partial charge is 0.393 e. The van der Waals surface area contributed by atoms with Gasteiger partial charge in [0.15, 0.2) is 5.16 Å². The van der Waals surface area contributed by atoms with E-state index in [0.717, 1.165) is 11.3 Å². The van der Waals surface area contributed by atoms with Gasteiger partial charge in [-0.3, -0.25) is 10.1 Å². The first-order chi connectivity index (χ1) is 9.06. The van der Waals surface area contributed by atoms with E-state index < -0.39 is 4.92 Å². The summed E-state index contributed by atoms with van der Waals surface area (Å²) in [5.74, 6) is 0.617. The maximum Gasteiger partial charge on any atom is 0.292 e. The zero-order valence-electron chi connectivity index (χ0n) is 10.2. The Kier molecular flexibility index (Phi) is 3.96.